The molecular weight excluding hydrogens is 334 g/mol. The molecule has 0 unspecified atom stereocenters. The molecule has 2 aliphatic carbocycles. The normalized spacial score (nSPS) is 17.2. The van der Waals surface area contributed by atoms with Crippen LogP contribution in [-0.2, 0) is 19.4 Å². The van der Waals surface area contributed by atoms with Crippen molar-refractivity contribution >= 4 is 33.1 Å². The average molecular weight is 350 g/mol. The minimum Gasteiger partial charge on any atom is -0.365 e. The molecule has 0 bridgehead atoms. The molecule has 0 radical (unpaired) electrons. The van der Waals surface area contributed by atoms with Crippen molar-refractivity contribution in [1.82, 2.24) is 9.97 Å². The van der Waals surface area contributed by atoms with Crippen molar-refractivity contribution in [2.24, 2.45) is 0 Å². The number of fused-ring (bicyclic) bond motifs is 1. The lowest BCUT2D eigenvalue weighted by molar-refractivity contribution is 0.908. The first-order valence-corrected chi connectivity index (χ1v) is 8.78. The predicted octanol–water partition coefficient (Wildman–Crippen LogP) is 4.28. The maximum absolute atomic E-state index is 4.63. The molecule has 1 saturated carbocycles. The van der Waals surface area contributed by atoms with E-state index in [2.05, 4.69) is 37.3 Å². The van der Waals surface area contributed by atoms with Crippen molar-refractivity contribution in [3.63, 3.8) is 0 Å². The highest BCUT2D eigenvalue weighted by atomic mass is 79.9. The molecule has 0 aliphatic heterocycles. The van der Waals surface area contributed by atoms with Crippen LogP contribution in [-0.4, -0.2) is 9.97 Å². The van der Waals surface area contributed by atoms with Crippen LogP contribution in [0.2, 0.25) is 0 Å². The second-order valence-electron chi connectivity index (χ2n) is 5.58. The third-order valence-electron chi connectivity index (χ3n) is 3.90. The fourth-order valence-electron chi connectivity index (χ4n) is 2.71. The van der Waals surface area contributed by atoms with Gasteiger partial charge in [0.25, 0.3) is 0 Å². The van der Waals surface area contributed by atoms with E-state index in [0.717, 1.165) is 22.8 Å². The predicted molar refractivity (Wildman–Crippen MR) is 85.4 cm³/mol. The fourth-order valence-corrected chi connectivity index (χ4v) is 4.30. The third-order valence-corrected chi connectivity index (χ3v) is 5.54. The summed E-state index contributed by atoms with van der Waals surface area (Å²) in [5.41, 5.74) is 1.56. The molecule has 0 aromatic carbocycles. The van der Waals surface area contributed by atoms with E-state index in [-0.39, 0.29) is 0 Å². The number of halogens is 1. The van der Waals surface area contributed by atoms with Crippen molar-refractivity contribution in [1.29, 1.82) is 0 Å². The Balaban J connectivity index is 1.48. The molecule has 2 aliphatic rings. The number of thiophene rings is 1. The van der Waals surface area contributed by atoms with Gasteiger partial charge in [0.1, 0.15) is 16.2 Å². The summed E-state index contributed by atoms with van der Waals surface area (Å²) in [4.78, 5) is 12.1. The molecule has 20 heavy (non-hydrogen) atoms. The highest BCUT2D eigenvalue weighted by molar-refractivity contribution is 9.10. The van der Waals surface area contributed by atoms with Crippen molar-refractivity contribution in [2.45, 2.75) is 44.6 Å². The number of aromatic nitrogens is 2. The first kappa shape index (κ1) is 12.8. The van der Waals surface area contributed by atoms with Gasteiger partial charge in [-0.15, -0.1) is 11.3 Å². The Hall–Kier alpha value is -0.940. The summed E-state index contributed by atoms with van der Waals surface area (Å²) >= 11 is 5.43. The zero-order chi connectivity index (χ0) is 13.5. The Morgan fingerprint density at radius 2 is 2.15 bits per heavy atom. The molecule has 0 saturated heterocycles. The van der Waals surface area contributed by atoms with Crippen LogP contribution in [0.1, 0.15) is 46.3 Å². The van der Waals surface area contributed by atoms with Gasteiger partial charge in [-0.25, -0.2) is 9.97 Å². The van der Waals surface area contributed by atoms with Gasteiger partial charge < -0.3 is 5.32 Å². The van der Waals surface area contributed by atoms with E-state index in [1.807, 2.05) is 17.4 Å². The third kappa shape index (κ3) is 2.61. The van der Waals surface area contributed by atoms with Crippen LogP contribution >= 0.6 is 27.3 Å². The molecule has 0 spiro atoms. The largest absolute Gasteiger partial charge is 0.365 e. The number of nitrogens with one attached hydrogen (secondary N) is 1. The number of aryl methyl sites for hydroxylation is 2. The number of rotatable bonds is 4. The van der Waals surface area contributed by atoms with Gasteiger partial charge in [-0.2, -0.15) is 0 Å². The summed E-state index contributed by atoms with van der Waals surface area (Å²) in [7, 11) is 0. The smallest absolute Gasteiger partial charge is 0.135 e. The van der Waals surface area contributed by atoms with Gasteiger partial charge in [0.15, 0.2) is 0 Å². The van der Waals surface area contributed by atoms with Crippen LogP contribution < -0.4 is 5.32 Å². The van der Waals surface area contributed by atoms with E-state index in [4.69, 9.17) is 0 Å². The number of hydrogen-bond donors (Lipinski definition) is 1. The molecule has 3 nitrogen and oxygen atoms in total. The van der Waals surface area contributed by atoms with Gasteiger partial charge in [0.05, 0.1) is 6.54 Å². The van der Waals surface area contributed by atoms with Gasteiger partial charge in [-0.1, -0.05) is 0 Å². The summed E-state index contributed by atoms with van der Waals surface area (Å²) < 4.78 is 0.880. The average Bonchev–Trinajstić information content (AvgIpc) is 3.06. The first-order chi connectivity index (χ1) is 9.78. The molecule has 2 heterocycles. The van der Waals surface area contributed by atoms with Crippen LogP contribution in [0.25, 0.3) is 0 Å². The summed E-state index contributed by atoms with van der Waals surface area (Å²) in [6.07, 6.45) is 6.32. The molecule has 1 N–H and O–H groups in total. The lowest BCUT2D eigenvalue weighted by atomic mass is 10.2. The summed E-state index contributed by atoms with van der Waals surface area (Å²) in [5, 5.41) is 3.44. The van der Waals surface area contributed by atoms with Crippen LogP contribution in [0.4, 0.5) is 5.82 Å². The van der Waals surface area contributed by atoms with Gasteiger partial charge >= 0.3 is 0 Å². The lowest BCUT2D eigenvalue weighted by Gasteiger charge is -2.06. The Morgan fingerprint density at radius 3 is 2.95 bits per heavy atom. The van der Waals surface area contributed by atoms with E-state index in [1.165, 1.54) is 37.0 Å². The van der Waals surface area contributed by atoms with E-state index in [0.29, 0.717) is 5.92 Å². The topological polar surface area (TPSA) is 37.8 Å². The van der Waals surface area contributed by atoms with Crippen LogP contribution in [0.15, 0.2) is 16.7 Å². The molecule has 104 valence electrons. The van der Waals surface area contributed by atoms with Gasteiger partial charge in [0.2, 0.25) is 0 Å². The van der Waals surface area contributed by atoms with E-state index < -0.39 is 0 Å². The van der Waals surface area contributed by atoms with E-state index in [9.17, 15) is 0 Å². The quantitative estimate of drug-likeness (QED) is 0.837. The Kier molecular flexibility index (Phi) is 3.27. The van der Waals surface area contributed by atoms with E-state index in [1.54, 1.807) is 10.4 Å². The number of nitrogens with zero attached hydrogens (tertiary/aromatic N) is 2. The zero-order valence-corrected chi connectivity index (χ0v) is 13.6. The first-order valence-electron chi connectivity index (χ1n) is 7.17. The van der Waals surface area contributed by atoms with Gasteiger partial charge in [-0.3, -0.25) is 0 Å². The molecule has 2 aromatic heterocycles. The van der Waals surface area contributed by atoms with Crippen molar-refractivity contribution in [3.05, 3.63) is 37.9 Å². The summed E-state index contributed by atoms with van der Waals surface area (Å²) in [6.45, 7) is 0.866. The SMILES string of the molecule is Brc1cc(NCc2cc3c(s2)CCC3)nc(C2CC2)n1. The monoisotopic (exact) mass is 349 g/mol. The van der Waals surface area contributed by atoms with Gasteiger partial charge in [-0.05, 0) is 59.7 Å². The molecular formula is C15H16BrN3S. The molecule has 4 rings (SSSR count). The fraction of sp³-hybridized carbons (Fsp3) is 0.467. The summed E-state index contributed by atoms with van der Waals surface area (Å²) in [6, 6.07) is 4.32. The molecule has 0 atom stereocenters. The minimum absolute atomic E-state index is 0.582. The maximum Gasteiger partial charge on any atom is 0.135 e. The second-order valence-corrected chi connectivity index (χ2v) is 7.61. The molecule has 1 fully saturated rings. The van der Waals surface area contributed by atoms with Crippen molar-refractivity contribution in [3.8, 4) is 0 Å². The highest BCUT2D eigenvalue weighted by Gasteiger charge is 2.27. The molecule has 0 amide bonds. The molecule has 5 heteroatoms. The highest BCUT2D eigenvalue weighted by Crippen LogP contribution is 2.39. The standard InChI is InChI=1S/C15H16BrN3S/c16-13-7-14(19-15(18-13)9-4-5-9)17-8-11-6-10-2-1-3-12(10)20-11/h6-7,9H,1-5,8H2,(H,17,18,19). The zero-order valence-electron chi connectivity index (χ0n) is 11.2. The Morgan fingerprint density at radius 1 is 1.25 bits per heavy atom. The van der Waals surface area contributed by atoms with Crippen LogP contribution in [0.3, 0.4) is 0 Å². The Labute approximate surface area is 131 Å². The van der Waals surface area contributed by atoms with Crippen LogP contribution in [0, 0.1) is 0 Å². The second kappa shape index (κ2) is 5.11. The number of anilines is 1. The number of hydrogen-bond acceptors (Lipinski definition) is 4. The van der Waals surface area contributed by atoms with Crippen LogP contribution in [0.5, 0.6) is 0 Å². The summed E-state index contributed by atoms with van der Waals surface area (Å²) in [5.74, 6) is 2.50. The lowest BCUT2D eigenvalue weighted by Crippen LogP contribution is -2.03. The van der Waals surface area contributed by atoms with Crippen molar-refractivity contribution < 1.29 is 0 Å². The minimum atomic E-state index is 0.582. The maximum atomic E-state index is 4.63. The molecule has 2 aromatic rings. The van der Waals surface area contributed by atoms with Gasteiger partial charge in [0, 0.05) is 21.7 Å². The van der Waals surface area contributed by atoms with Crippen molar-refractivity contribution in [2.75, 3.05) is 5.32 Å². The Bertz CT molecular complexity index is 627. The van der Waals surface area contributed by atoms with E-state index >= 15 is 0 Å².